The SMILES string of the molecule is NCCOc1ccc(-c2ccccc2Cl)cc1. The molecular formula is C14H14ClNO. The smallest absolute Gasteiger partial charge is 0.119 e. The molecule has 2 nitrogen and oxygen atoms in total. The topological polar surface area (TPSA) is 35.2 Å². The fourth-order valence-electron chi connectivity index (χ4n) is 1.60. The lowest BCUT2D eigenvalue weighted by Gasteiger charge is -2.07. The minimum absolute atomic E-state index is 0.520. The molecule has 88 valence electrons. The highest BCUT2D eigenvalue weighted by atomic mass is 35.5. The summed E-state index contributed by atoms with van der Waals surface area (Å²) in [7, 11) is 0. The van der Waals surface area contributed by atoms with E-state index in [0.29, 0.717) is 13.2 Å². The van der Waals surface area contributed by atoms with Gasteiger partial charge in [0.15, 0.2) is 0 Å². The minimum Gasteiger partial charge on any atom is -0.492 e. The van der Waals surface area contributed by atoms with E-state index in [9.17, 15) is 0 Å². The molecule has 0 heterocycles. The summed E-state index contributed by atoms with van der Waals surface area (Å²) in [5, 5.41) is 0.753. The minimum atomic E-state index is 0.520. The molecule has 0 unspecified atom stereocenters. The maximum absolute atomic E-state index is 6.13. The largest absolute Gasteiger partial charge is 0.492 e. The average Bonchev–Trinajstić information content (AvgIpc) is 2.38. The van der Waals surface area contributed by atoms with Gasteiger partial charge in [-0.1, -0.05) is 41.9 Å². The summed E-state index contributed by atoms with van der Waals surface area (Å²) in [4.78, 5) is 0. The molecule has 3 heteroatoms. The van der Waals surface area contributed by atoms with Gasteiger partial charge in [0.25, 0.3) is 0 Å². The van der Waals surface area contributed by atoms with Crippen LogP contribution in [0.25, 0.3) is 11.1 Å². The third-order valence-electron chi connectivity index (χ3n) is 2.43. The van der Waals surface area contributed by atoms with Crippen LogP contribution in [0.2, 0.25) is 5.02 Å². The molecular weight excluding hydrogens is 234 g/mol. The molecule has 0 aliphatic carbocycles. The Morgan fingerprint density at radius 3 is 2.35 bits per heavy atom. The predicted molar refractivity (Wildman–Crippen MR) is 71.4 cm³/mol. The summed E-state index contributed by atoms with van der Waals surface area (Å²) in [6.07, 6.45) is 0. The van der Waals surface area contributed by atoms with Crippen LogP contribution in [0.4, 0.5) is 0 Å². The molecule has 0 bridgehead atoms. The molecule has 2 N–H and O–H groups in total. The molecule has 0 amide bonds. The van der Waals surface area contributed by atoms with Crippen molar-refractivity contribution >= 4 is 11.6 Å². The summed E-state index contributed by atoms with van der Waals surface area (Å²) >= 11 is 6.13. The molecule has 2 aromatic carbocycles. The first-order chi connectivity index (χ1) is 8.31. The van der Waals surface area contributed by atoms with Crippen LogP contribution in [0.15, 0.2) is 48.5 Å². The second-order valence-electron chi connectivity index (χ2n) is 3.64. The predicted octanol–water partition coefficient (Wildman–Crippen LogP) is 3.34. The number of ether oxygens (including phenoxy) is 1. The third-order valence-corrected chi connectivity index (χ3v) is 2.76. The summed E-state index contributed by atoms with van der Waals surface area (Å²) in [6.45, 7) is 1.05. The first-order valence-electron chi connectivity index (χ1n) is 5.49. The van der Waals surface area contributed by atoms with E-state index in [1.807, 2.05) is 48.5 Å². The number of hydrogen-bond acceptors (Lipinski definition) is 2. The van der Waals surface area contributed by atoms with E-state index < -0.39 is 0 Å². The van der Waals surface area contributed by atoms with Crippen molar-refractivity contribution in [2.75, 3.05) is 13.2 Å². The highest BCUT2D eigenvalue weighted by Gasteiger charge is 2.02. The van der Waals surface area contributed by atoms with Crippen LogP contribution in [0, 0.1) is 0 Å². The molecule has 0 saturated heterocycles. The lowest BCUT2D eigenvalue weighted by molar-refractivity contribution is 0.328. The van der Waals surface area contributed by atoms with Gasteiger partial charge in [0.1, 0.15) is 12.4 Å². The lowest BCUT2D eigenvalue weighted by atomic mass is 10.1. The summed E-state index contributed by atoms with van der Waals surface area (Å²) in [5.41, 5.74) is 7.48. The molecule has 0 spiro atoms. The molecule has 0 radical (unpaired) electrons. The Morgan fingerprint density at radius 1 is 1.00 bits per heavy atom. The van der Waals surface area contributed by atoms with Crippen LogP contribution in [-0.2, 0) is 0 Å². The van der Waals surface area contributed by atoms with E-state index in [2.05, 4.69) is 0 Å². The van der Waals surface area contributed by atoms with Gasteiger partial charge in [-0.3, -0.25) is 0 Å². The summed E-state index contributed by atoms with van der Waals surface area (Å²) < 4.78 is 5.42. The molecule has 0 aliphatic rings. The molecule has 0 saturated carbocycles. The van der Waals surface area contributed by atoms with E-state index in [-0.39, 0.29) is 0 Å². The van der Waals surface area contributed by atoms with Crippen LogP contribution in [0.5, 0.6) is 5.75 Å². The van der Waals surface area contributed by atoms with Crippen LogP contribution >= 0.6 is 11.6 Å². The first-order valence-corrected chi connectivity index (χ1v) is 5.87. The molecule has 2 rings (SSSR count). The van der Waals surface area contributed by atoms with Crippen molar-refractivity contribution in [1.82, 2.24) is 0 Å². The summed E-state index contributed by atoms with van der Waals surface area (Å²) in [5.74, 6) is 0.825. The van der Waals surface area contributed by atoms with Crippen molar-refractivity contribution in [3.8, 4) is 16.9 Å². The second-order valence-corrected chi connectivity index (χ2v) is 4.05. The molecule has 0 aromatic heterocycles. The normalized spacial score (nSPS) is 10.2. The monoisotopic (exact) mass is 247 g/mol. The Bertz CT molecular complexity index is 482. The Kier molecular flexibility index (Phi) is 4.02. The van der Waals surface area contributed by atoms with Crippen LogP contribution < -0.4 is 10.5 Å². The van der Waals surface area contributed by atoms with Gasteiger partial charge in [-0.05, 0) is 23.8 Å². The second kappa shape index (κ2) is 5.71. The van der Waals surface area contributed by atoms with Gasteiger partial charge >= 0.3 is 0 Å². The number of halogens is 1. The molecule has 2 aromatic rings. The van der Waals surface area contributed by atoms with Gasteiger partial charge in [-0.2, -0.15) is 0 Å². The highest BCUT2D eigenvalue weighted by molar-refractivity contribution is 6.33. The van der Waals surface area contributed by atoms with Crippen molar-refractivity contribution in [3.63, 3.8) is 0 Å². The van der Waals surface area contributed by atoms with Gasteiger partial charge in [-0.25, -0.2) is 0 Å². The maximum Gasteiger partial charge on any atom is 0.119 e. The Morgan fingerprint density at radius 2 is 1.71 bits per heavy atom. The Labute approximate surface area is 106 Å². The first kappa shape index (κ1) is 12.0. The van der Waals surface area contributed by atoms with Gasteiger partial charge in [-0.15, -0.1) is 0 Å². The zero-order valence-electron chi connectivity index (χ0n) is 9.40. The van der Waals surface area contributed by atoms with E-state index >= 15 is 0 Å². The molecule has 0 atom stereocenters. The zero-order chi connectivity index (χ0) is 12.1. The number of nitrogens with two attached hydrogens (primary N) is 1. The maximum atomic E-state index is 6.13. The molecule has 0 aliphatic heterocycles. The zero-order valence-corrected chi connectivity index (χ0v) is 10.2. The van der Waals surface area contributed by atoms with Crippen molar-refractivity contribution in [1.29, 1.82) is 0 Å². The van der Waals surface area contributed by atoms with E-state index in [0.717, 1.165) is 21.9 Å². The Hall–Kier alpha value is -1.51. The van der Waals surface area contributed by atoms with Crippen LogP contribution in [0.1, 0.15) is 0 Å². The van der Waals surface area contributed by atoms with E-state index in [4.69, 9.17) is 22.1 Å². The molecule has 17 heavy (non-hydrogen) atoms. The van der Waals surface area contributed by atoms with Crippen molar-refractivity contribution in [3.05, 3.63) is 53.6 Å². The Balaban J connectivity index is 2.21. The fourth-order valence-corrected chi connectivity index (χ4v) is 1.85. The van der Waals surface area contributed by atoms with Gasteiger partial charge in [0, 0.05) is 17.1 Å². The van der Waals surface area contributed by atoms with Gasteiger partial charge in [0.2, 0.25) is 0 Å². The highest BCUT2D eigenvalue weighted by Crippen LogP contribution is 2.28. The summed E-state index contributed by atoms with van der Waals surface area (Å²) in [6, 6.07) is 15.6. The van der Waals surface area contributed by atoms with E-state index in [1.54, 1.807) is 0 Å². The van der Waals surface area contributed by atoms with Crippen molar-refractivity contribution in [2.45, 2.75) is 0 Å². The van der Waals surface area contributed by atoms with Crippen molar-refractivity contribution in [2.24, 2.45) is 5.73 Å². The van der Waals surface area contributed by atoms with Crippen molar-refractivity contribution < 1.29 is 4.74 Å². The van der Waals surface area contributed by atoms with Crippen LogP contribution in [-0.4, -0.2) is 13.2 Å². The number of hydrogen-bond donors (Lipinski definition) is 1. The quantitative estimate of drug-likeness (QED) is 0.899. The molecule has 0 fully saturated rings. The fraction of sp³-hybridized carbons (Fsp3) is 0.143. The lowest BCUT2D eigenvalue weighted by Crippen LogP contribution is -2.10. The van der Waals surface area contributed by atoms with Crippen LogP contribution in [0.3, 0.4) is 0 Å². The number of rotatable bonds is 4. The third kappa shape index (κ3) is 2.99. The van der Waals surface area contributed by atoms with E-state index in [1.165, 1.54) is 0 Å². The number of benzene rings is 2. The average molecular weight is 248 g/mol. The van der Waals surface area contributed by atoms with Gasteiger partial charge in [0.05, 0.1) is 0 Å². The van der Waals surface area contributed by atoms with Gasteiger partial charge < -0.3 is 10.5 Å². The standard InChI is InChI=1S/C14H14ClNO/c15-14-4-2-1-3-13(14)11-5-7-12(8-6-11)17-10-9-16/h1-8H,9-10,16H2.